The fourth-order valence-electron chi connectivity index (χ4n) is 3.61. The fraction of sp³-hybridized carbons (Fsp3) is 0.562. The molecule has 0 N–H and O–H groups in total. The number of benzene rings is 1. The van der Waals surface area contributed by atoms with Crippen LogP contribution in [0.3, 0.4) is 0 Å². The molecule has 3 rings (SSSR count). The Morgan fingerprint density at radius 3 is 2.67 bits per heavy atom. The lowest BCUT2D eigenvalue weighted by molar-refractivity contribution is -0.154. The van der Waals surface area contributed by atoms with Gasteiger partial charge in [-0.3, -0.25) is 9.69 Å². The van der Waals surface area contributed by atoms with Gasteiger partial charge in [-0.1, -0.05) is 30.3 Å². The Labute approximate surface area is 122 Å². The maximum absolute atomic E-state index is 14.0. The standard InChI is InChI=1S/C16H19F2NO2/c1-2-21-16(20)15-11-8-12(14(18)13(11)17)19(15)9-10-6-4-3-5-7-10/h3-7,11-15H,2,8-9H2,1H3/t11-,12-,13-,14+,15+/m1/s1. The van der Waals surface area contributed by atoms with E-state index in [0.717, 1.165) is 5.56 Å². The highest BCUT2D eigenvalue weighted by molar-refractivity contribution is 5.77. The SMILES string of the molecule is CCOC(=O)[C@@H]1[C@@H]2C[C@H]([C@H](F)[C@@H]2F)N1Cc1ccccc1. The molecule has 1 saturated heterocycles. The minimum absolute atomic E-state index is 0.252. The van der Waals surface area contributed by atoms with E-state index in [1.165, 1.54) is 0 Å². The molecular formula is C16H19F2NO2. The van der Waals surface area contributed by atoms with E-state index in [9.17, 15) is 13.6 Å². The van der Waals surface area contributed by atoms with E-state index < -0.39 is 36.3 Å². The Balaban J connectivity index is 1.83. The molecule has 5 atom stereocenters. The molecule has 1 aromatic rings. The summed E-state index contributed by atoms with van der Waals surface area (Å²) in [5.74, 6) is -1.02. The van der Waals surface area contributed by atoms with E-state index in [-0.39, 0.29) is 6.61 Å². The van der Waals surface area contributed by atoms with Crippen molar-refractivity contribution in [2.24, 2.45) is 5.92 Å². The number of rotatable bonds is 4. The van der Waals surface area contributed by atoms with Gasteiger partial charge in [0.2, 0.25) is 0 Å². The average molecular weight is 295 g/mol. The highest BCUT2D eigenvalue weighted by Gasteiger charge is 2.60. The normalized spacial score (nSPS) is 35.1. The number of alkyl halides is 2. The first kappa shape index (κ1) is 14.4. The topological polar surface area (TPSA) is 29.5 Å². The Morgan fingerprint density at radius 2 is 2.00 bits per heavy atom. The molecule has 1 heterocycles. The number of likely N-dealkylation sites (tertiary alicyclic amines) is 1. The minimum Gasteiger partial charge on any atom is -0.465 e. The molecule has 3 nitrogen and oxygen atoms in total. The van der Waals surface area contributed by atoms with Crippen LogP contribution in [0.4, 0.5) is 8.78 Å². The van der Waals surface area contributed by atoms with Crippen LogP contribution in [0.25, 0.3) is 0 Å². The average Bonchev–Trinajstić information content (AvgIpc) is 2.98. The molecule has 1 aromatic carbocycles. The largest absolute Gasteiger partial charge is 0.465 e. The van der Waals surface area contributed by atoms with Crippen molar-refractivity contribution in [1.29, 1.82) is 0 Å². The maximum Gasteiger partial charge on any atom is 0.323 e. The molecule has 2 bridgehead atoms. The molecule has 2 fully saturated rings. The molecule has 1 aliphatic heterocycles. The van der Waals surface area contributed by atoms with Gasteiger partial charge in [0.1, 0.15) is 18.4 Å². The quantitative estimate of drug-likeness (QED) is 0.799. The van der Waals surface area contributed by atoms with Gasteiger partial charge in [-0.25, -0.2) is 8.78 Å². The van der Waals surface area contributed by atoms with E-state index in [0.29, 0.717) is 13.0 Å². The summed E-state index contributed by atoms with van der Waals surface area (Å²) < 4.78 is 33.0. The van der Waals surface area contributed by atoms with E-state index in [1.54, 1.807) is 11.8 Å². The minimum atomic E-state index is -1.56. The van der Waals surface area contributed by atoms with E-state index in [2.05, 4.69) is 0 Å². The zero-order valence-electron chi connectivity index (χ0n) is 11.9. The predicted octanol–water partition coefficient (Wildman–Crippen LogP) is 2.50. The first-order valence-electron chi connectivity index (χ1n) is 7.38. The number of fused-ring (bicyclic) bond motifs is 2. The molecule has 0 radical (unpaired) electrons. The van der Waals surface area contributed by atoms with Crippen LogP contribution in [-0.4, -0.2) is 41.9 Å². The predicted molar refractivity (Wildman–Crippen MR) is 74.1 cm³/mol. The van der Waals surface area contributed by atoms with Crippen molar-refractivity contribution >= 4 is 5.97 Å². The maximum atomic E-state index is 14.0. The summed E-state index contributed by atoms with van der Waals surface area (Å²) in [6.45, 7) is 2.41. The van der Waals surface area contributed by atoms with Crippen LogP contribution in [0.1, 0.15) is 18.9 Å². The van der Waals surface area contributed by atoms with Crippen LogP contribution in [0, 0.1) is 5.92 Å². The van der Waals surface area contributed by atoms with Gasteiger partial charge in [0.05, 0.1) is 6.61 Å². The van der Waals surface area contributed by atoms with Crippen molar-refractivity contribution in [3.63, 3.8) is 0 Å². The highest BCUT2D eigenvalue weighted by atomic mass is 19.2. The molecule has 1 saturated carbocycles. The zero-order valence-corrected chi connectivity index (χ0v) is 11.9. The number of hydrogen-bond donors (Lipinski definition) is 0. The van der Waals surface area contributed by atoms with Gasteiger partial charge in [0.15, 0.2) is 0 Å². The van der Waals surface area contributed by atoms with Crippen molar-refractivity contribution in [2.75, 3.05) is 6.61 Å². The van der Waals surface area contributed by atoms with E-state index >= 15 is 0 Å². The molecule has 0 spiro atoms. The summed E-state index contributed by atoms with van der Waals surface area (Å²) >= 11 is 0. The molecule has 2 aliphatic rings. The van der Waals surface area contributed by atoms with Crippen LogP contribution in [0.15, 0.2) is 30.3 Å². The van der Waals surface area contributed by atoms with Crippen LogP contribution in [0.2, 0.25) is 0 Å². The van der Waals surface area contributed by atoms with Gasteiger partial charge >= 0.3 is 5.97 Å². The third kappa shape index (κ3) is 2.44. The van der Waals surface area contributed by atoms with Gasteiger partial charge in [0, 0.05) is 18.5 Å². The number of esters is 1. The second-order valence-corrected chi connectivity index (χ2v) is 5.71. The molecule has 5 heteroatoms. The molecule has 0 unspecified atom stereocenters. The Kier molecular flexibility index (Phi) is 3.93. The number of nitrogens with zero attached hydrogens (tertiary/aromatic N) is 1. The second kappa shape index (κ2) is 5.72. The summed E-state index contributed by atoms with van der Waals surface area (Å²) in [7, 11) is 0. The monoisotopic (exact) mass is 295 g/mol. The van der Waals surface area contributed by atoms with Crippen molar-refractivity contribution in [3.8, 4) is 0 Å². The van der Waals surface area contributed by atoms with Crippen LogP contribution in [-0.2, 0) is 16.1 Å². The highest BCUT2D eigenvalue weighted by Crippen LogP contribution is 2.46. The number of carbonyl (C=O) groups excluding carboxylic acids is 1. The van der Waals surface area contributed by atoms with Crippen LogP contribution >= 0.6 is 0 Å². The van der Waals surface area contributed by atoms with Gasteiger partial charge in [0.25, 0.3) is 0 Å². The van der Waals surface area contributed by atoms with Gasteiger partial charge in [-0.2, -0.15) is 0 Å². The molecule has 0 amide bonds. The number of piperidine rings is 1. The molecule has 0 aromatic heterocycles. The lowest BCUT2D eigenvalue weighted by Crippen LogP contribution is -2.54. The summed E-state index contributed by atoms with van der Waals surface area (Å²) in [4.78, 5) is 13.9. The first-order valence-corrected chi connectivity index (χ1v) is 7.38. The number of carbonyl (C=O) groups is 1. The molecule has 114 valence electrons. The second-order valence-electron chi connectivity index (χ2n) is 5.71. The van der Waals surface area contributed by atoms with Crippen LogP contribution in [0.5, 0.6) is 0 Å². The number of hydrogen-bond acceptors (Lipinski definition) is 3. The fourth-order valence-corrected chi connectivity index (χ4v) is 3.61. The Morgan fingerprint density at radius 1 is 1.29 bits per heavy atom. The number of ether oxygens (including phenoxy) is 1. The van der Waals surface area contributed by atoms with Crippen molar-refractivity contribution in [3.05, 3.63) is 35.9 Å². The third-order valence-corrected chi connectivity index (χ3v) is 4.52. The molecule has 1 aliphatic carbocycles. The van der Waals surface area contributed by atoms with Gasteiger partial charge in [-0.05, 0) is 18.9 Å². The van der Waals surface area contributed by atoms with Crippen LogP contribution < -0.4 is 0 Å². The number of halogens is 2. The first-order chi connectivity index (χ1) is 10.1. The molecule has 21 heavy (non-hydrogen) atoms. The lowest BCUT2D eigenvalue weighted by Gasteiger charge is -2.36. The Hall–Kier alpha value is -1.49. The summed E-state index contributed by atoms with van der Waals surface area (Å²) in [5, 5.41) is 0. The van der Waals surface area contributed by atoms with Gasteiger partial charge < -0.3 is 4.74 Å². The van der Waals surface area contributed by atoms with Crippen molar-refractivity contribution in [1.82, 2.24) is 4.90 Å². The summed E-state index contributed by atoms with van der Waals surface area (Å²) in [6, 6.07) is 8.35. The smallest absolute Gasteiger partial charge is 0.323 e. The summed E-state index contributed by atoms with van der Waals surface area (Å²) in [6.07, 6.45) is -2.68. The zero-order chi connectivity index (χ0) is 15.0. The van der Waals surface area contributed by atoms with Crippen molar-refractivity contribution < 1.29 is 18.3 Å². The summed E-state index contributed by atoms with van der Waals surface area (Å²) in [5.41, 5.74) is 0.988. The lowest BCUT2D eigenvalue weighted by atomic mass is 9.95. The van der Waals surface area contributed by atoms with E-state index in [4.69, 9.17) is 4.74 Å². The third-order valence-electron chi connectivity index (χ3n) is 4.52. The van der Waals surface area contributed by atoms with E-state index in [1.807, 2.05) is 30.3 Å². The van der Waals surface area contributed by atoms with Gasteiger partial charge in [-0.15, -0.1) is 0 Å². The Bertz CT molecular complexity index is 510. The molecular weight excluding hydrogens is 276 g/mol. The van der Waals surface area contributed by atoms with Crippen molar-refractivity contribution in [2.45, 2.75) is 44.3 Å².